The fourth-order valence-electron chi connectivity index (χ4n) is 3.03. The molecule has 0 atom stereocenters. The number of likely N-dealkylation sites (N-methyl/N-ethyl adjacent to an activating group) is 1. The van der Waals surface area contributed by atoms with Crippen LogP contribution in [0.1, 0.15) is 20.8 Å². The summed E-state index contributed by atoms with van der Waals surface area (Å²) in [7, 11) is 1.66. The van der Waals surface area contributed by atoms with Crippen molar-refractivity contribution in [3.8, 4) is 0 Å². The molecule has 0 spiro atoms. The number of amides is 1. The van der Waals surface area contributed by atoms with Crippen molar-refractivity contribution in [1.29, 1.82) is 0 Å². The van der Waals surface area contributed by atoms with E-state index in [1.165, 1.54) is 15.3 Å². The highest BCUT2D eigenvalue weighted by molar-refractivity contribution is 7.10. The molecule has 1 aromatic heterocycles. The van der Waals surface area contributed by atoms with Gasteiger partial charge in [-0.25, -0.2) is 0 Å². The topological polar surface area (TPSA) is 40.6 Å². The van der Waals surface area contributed by atoms with E-state index in [1.807, 2.05) is 23.5 Å². The first kappa shape index (κ1) is 12.6. The highest BCUT2D eigenvalue weighted by atomic mass is 32.1. The molecule has 0 radical (unpaired) electrons. The van der Waals surface area contributed by atoms with Crippen LogP contribution < -0.4 is 9.80 Å². The lowest BCUT2D eigenvalue weighted by molar-refractivity contribution is -0.114. The standard InChI is InChI=1S/C16H14N2O2S/c1-17-13-8-11(2-3-12(13)15(19)16(17)20)18-6-4-14-10(9-18)5-7-21-14/h2-3,5,7-8H,4,6,9H2,1H3. The summed E-state index contributed by atoms with van der Waals surface area (Å²) >= 11 is 1.82. The van der Waals surface area contributed by atoms with E-state index in [4.69, 9.17) is 0 Å². The molecule has 2 aromatic rings. The summed E-state index contributed by atoms with van der Waals surface area (Å²) in [5.41, 5.74) is 3.69. The number of fused-ring (bicyclic) bond motifs is 2. The first-order chi connectivity index (χ1) is 10.1. The van der Waals surface area contributed by atoms with Gasteiger partial charge in [-0.3, -0.25) is 9.59 Å². The summed E-state index contributed by atoms with van der Waals surface area (Å²) in [4.78, 5) is 28.8. The van der Waals surface area contributed by atoms with Crippen molar-refractivity contribution in [2.45, 2.75) is 13.0 Å². The Morgan fingerprint density at radius 2 is 2.05 bits per heavy atom. The zero-order valence-corrected chi connectivity index (χ0v) is 12.4. The number of Topliss-reactive ketones (excluding diaryl/α,β-unsaturated/α-hetero) is 1. The lowest BCUT2D eigenvalue weighted by Crippen LogP contribution is -2.29. The number of benzene rings is 1. The smallest absolute Gasteiger partial charge is 0.299 e. The number of anilines is 2. The first-order valence-corrected chi connectivity index (χ1v) is 7.80. The lowest BCUT2D eigenvalue weighted by Gasteiger charge is -2.29. The van der Waals surface area contributed by atoms with Crippen molar-refractivity contribution in [3.05, 3.63) is 45.6 Å². The average molecular weight is 298 g/mol. The Kier molecular flexibility index (Phi) is 2.65. The van der Waals surface area contributed by atoms with E-state index in [0.717, 1.165) is 30.9 Å². The van der Waals surface area contributed by atoms with E-state index in [0.29, 0.717) is 5.56 Å². The summed E-state index contributed by atoms with van der Waals surface area (Å²) in [6.07, 6.45) is 1.05. The Hall–Kier alpha value is -2.14. The van der Waals surface area contributed by atoms with Crippen LogP contribution in [0.4, 0.5) is 11.4 Å². The Bertz CT molecular complexity index is 765. The third kappa shape index (κ3) is 1.81. The van der Waals surface area contributed by atoms with Gasteiger partial charge in [0, 0.05) is 30.7 Å². The number of rotatable bonds is 1. The van der Waals surface area contributed by atoms with Gasteiger partial charge in [0.25, 0.3) is 11.7 Å². The van der Waals surface area contributed by atoms with Gasteiger partial charge in [-0.1, -0.05) is 0 Å². The summed E-state index contributed by atoms with van der Waals surface area (Å²) < 4.78 is 0. The Balaban J connectivity index is 1.70. The van der Waals surface area contributed by atoms with E-state index in [9.17, 15) is 9.59 Å². The highest BCUT2D eigenvalue weighted by Gasteiger charge is 2.33. The number of carbonyl (C=O) groups excluding carboxylic acids is 2. The van der Waals surface area contributed by atoms with Crippen molar-refractivity contribution in [2.24, 2.45) is 0 Å². The molecular weight excluding hydrogens is 284 g/mol. The van der Waals surface area contributed by atoms with Gasteiger partial charge in [-0.2, -0.15) is 0 Å². The molecule has 2 aliphatic rings. The van der Waals surface area contributed by atoms with Gasteiger partial charge in [0.05, 0.1) is 11.3 Å². The number of hydrogen-bond donors (Lipinski definition) is 0. The normalized spacial score (nSPS) is 17.2. The third-order valence-corrected chi connectivity index (χ3v) is 5.28. The van der Waals surface area contributed by atoms with E-state index < -0.39 is 11.7 Å². The second-order valence-corrected chi connectivity index (χ2v) is 6.44. The van der Waals surface area contributed by atoms with Crippen molar-refractivity contribution < 1.29 is 9.59 Å². The number of nitrogens with zero attached hydrogens (tertiary/aromatic N) is 2. The van der Waals surface area contributed by atoms with Crippen LogP contribution >= 0.6 is 11.3 Å². The molecule has 5 heteroatoms. The minimum absolute atomic E-state index is 0.405. The van der Waals surface area contributed by atoms with Gasteiger partial charge in [0.1, 0.15) is 0 Å². The molecule has 4 rings (SSSR count). The molecule has 0 unspecified atom stereocenters. The van der Waals surface area contributed by atoms with Gasteiger partial charge in [0.2, 0.25) is 0 Å². The van der Waals surface area contributed by atoms with E-state index in [2.05, 4.69) is 16.3 Å². The maximum absolute atomic E-state index is 11.8. The van der Waals surface area contributed by atoms with Crippen LogP contribution in [0.5, 0.6) is 0 Å². The molecule has 0 fully saturated rings. The van der Waals surface area contributed by atoms with Crippen molar-refractivity contribution >= 4 is 34.4 Å². The summed E-state index contributed by atoms with van der Waals surface area (Å²) in [5.74, 6) is -0.848. The largest absolute Gasteiger partial charge is 0.367 e. The molecular formula is C16H14N2O2S. The number of ketones is 1. The van der Waals surface area contributed by atoms with Crippen molar-refractivity contribution in [2.75, 3.05) is 23.4 Å². The molecule has 0 saturated carbocycles. The maximum Gasteiger partial charge on any atom is 0.299 e. The Labute approximate surface area is 126 Å². The summed E-state index contributed by atoms with van der Waals surface area (Å²) in [5, 5.41) is 2.14. The predicted molar refractivity (Wildman–Crippen MR) is 83.3 cm³/mol. The summed E-state index contributed by atoms with van der Waals surface area (Å²) in [6, 6.07) is 7.85. The average Bonchev–Trinajstić information content (AvgIpc) is 3.06. The molecule has 3 heterocycles. The fourth-order valence-corrected chi connectivity index (χ4v) is 3.92. The first-order valence-electron chi connectivity index (χ1n) is 6.92. The van der Waals surface area contributed by atoms with Gasteiger partial charge in [0.15, 0.2) is 0 Å². The van der Waals surface area contributed by atoms with Crippen LogP contribution in [0.15, 0.2) is 29.6 Å². The second kappa shape index (κ2) is 4.43. The van der Waals surface area contributed by atoms with Gasteiger partial charge >= 0.3 is 0 Å². The van der Waals surface area contributed by atoms with Crippen LogP contribution in [-0.2, 0) is 17.8 Å². The van der Waals surface area contributed by atoms with Crippen LogP contribution in [0, 0.1) is 0 Å². The van der Waals surface area contributed by atoms with Gasteiger partial charge < -0.3 is 9.80 Å². The zero-order valence-electron chi connectivity index (χ0n) is 11.6. The number of hydrogen-bond acceptors (Lipinski definition) is 4. The lowest BCUT2D eigenvalue weighted by atomic mass is 10.1. The quantitative estimate of drug-likeness (QED) is 0.759. The predicted octanol–water partition coefficient (Wildman–Crippen LogP) is 2.47. The van der Waals surface area contributed by atoms with E-state index in [-0.39, 0.29) is 0 Å². The molecule has 4 nitrogen and oxygen atoms in total. The summed E-state index contributed by atoms with van der Waals surface area (Å²) in [6.45, 7) is 1.86. The molecule has 1 aromatic carbocycles. The third-order valence-electron chi connectivity index (χ3n) is 4.26. The number of carbonyl (C=O) groups is 2. The van der Waals surface area contributed by atoms with Gasteiger partial charge in [-0.05, 0) is 41.6 Å². The van der Waals surface area contributed by atoms with Crippen molar-refractivity contribution in [3.63, 3.8) is 0 Å². The minimum atomic E-state index is -0.444. The van der Waals surface area contributed by atoms with E-state index >= 15 is 0 Å². The minimum Gasteiger partial charge on any atom is -0.367 e. The van der Waals surface area contributed by atoms with Crippen molar-refractivity contribution in [1.82, 2.24) is 0 Å². The Morgan fingerprint density at radius 1 is 1.19 bits per heavy atom. The number of thiophene rings is 1. The molecule has 0 aliphatic carbocycles. The van der Waals surface area contributed by atoms with Crippen LogP contribution in [0.2, 0.25) is 0 Å². The van der Waals surface area contributed by atoms with Crippen LogP contribution in [0.3, 0.4) is 0 Å². The SMILES string of the molecule is CN1C(=O)C(=O)c2ccc(N3CCc4sccc4C3)cc21. The second-order valence-electron chi connectivity index (χ2n) is 5.44. The van der Waals surface area contributed by atoms with Gasteiger partial charge in [-0.15, -0.1) is 11.3 Å². The van der Waals surface area contributed by atoms with Crippen LogP contribution in [0.25, 0.3) is 0 Å². The molecule has 0 bridgehead atoms. The van der Waals surface area contributed by atoms with Crippen LogP contribution in [-0.4, -0.2) is 25.3 Å². The molecule has 106 valence electrons. The molecule has 0 saturated heterocycles. The monoisotopic (exact) mass is 298 g/mol. The maximum atomic E-state index is 11.8. The molecule has 21 heavy (non-hydrogen) atoms. The molecule has 0 N–H and O–H groups in total. The highest BCUT2D eigenvalue weighted by Crippen LogP contribution is 2.34. The molecule has 1 amide bonds. The van der Waals surface area contributed by atoms with E-state index in [1.54, 1.807) is 13.1 Å². The zero-order chi connectivity index (χ0) is 14.6. The molecule has 2 aliphatic heterocycles. The Morgan fingerprint density at radius 3 is 2.90 bits per heavy atom. The fraction of sp³-hybridized carbons (Fsp3) is 0.250.